The van der Waals surface area contributed by atoms with Crippen LogP contribution in [0.5, 0.6) is 17.2 Å². The molecule has 1 N–H and O–H groups in total. The summed E-state index contributed by atoms with van der Waals surface area (Å²) in [4.78, 5) is 31.5. The summed E-state index contributed by atoms with van der Waals surface area (Å²) in [7, 11) is 3.95. The summed E-state index contributed by atoms with van der Waals surface area (Å²) in [5.41, 5.74) is -3.50. The second-order valence-electron chi connectivity index (χ2n) is 8.43. The van der Waals surface area contributed by atoms with E-state index < -0.39 is 29.8 Å². The Balaban J connectivity index is 1.78. The molecule has 198 valence electrons. The molecule has 0 aromatic heterocycles. The van der Waals surface area contributed by atoms with Crippen molar-refractivity contribution in [3.63, 3.8) is 0 Å². The molecule has 2 aliphatic rings. The third-order valence-corrected chi connectivity index (χ3v) is 6.16. The largest absolute Gasteiger partial charge is 0.493 e. The van der Waals surface area contributed by atoms with Gasteiger partial charge in [0.25, 0.3) is 11.8 Å². The van der Waals surface area contributed by atoms with E-state index in [9.17, 15) is 22.8 Å². The highest BCUT2D eigenvalue weighted by atomic mass is 19.4. The van der Waals surface area contributed by atoms with Gasteiger partial charge in [-0.2, -0.15) is 13.2 Å². The van der Waals surface area contributed by atoms with Gasteiger partial charge in [0.1, 0.15) is 5.84 Å². The SMILES string of the molecule is COc1cc(C(=O)NC2(C(F)(F)F)N=C(c3ccccc3)N(CC3CCCO3)C2=O)cc(OC)c1OC. The van der Waals surface area contributed by atoms with Crippen molar-refractivity contribution < 1.29 is 41.7 Å². The topological polar surface area (TPSA) is 98.7 Å². The molecule has 0 saturated carbocycles. The van der Waals surface area contributed by atoms with Crippen LogP contribution in [0.25, 0.3) is 0 Å². The summed E-state index contributed by atoms with van der Waals surface area (Å²) in [6.45, 7) is 0.317. The van der Waals surface area contributed by atoms with Gasteiger partial charge in [-0.3, -0.25) is 14.5 Å². The fraction of sp³-hybridized carbons (Fsp3) is 0.400. The monoisotopic (exact) mass is 521 g/mol. The van der Waals surface area contributed by atoms with Crippen molar-refractivity contribution in [2.45, 2.75) is 30.8 Å². The Kier molecular flexibility index (Phi) is 7.30. The summed E-state index contributed by atoms with van der Waals surface area (Å²) in [6.07, 6.45) is -4.39. The maximum Gasteiger partial charge on any atom is 0.442 e. The third-order valence-electron chi connectivity index (χ3n) is 6.16. The van der Waals surface area contributed by atoms with Gasteiger partial charge in [0.2, 0.25) is 5.75 Å². The van der Waals surface area contributed by atoms with E-state index in [0.717, 1.165) is 11.3 Å². The third kappa shape index (κ3) is 4.80. The number of rotatable bonds is 8. The van der Waals surface area contributed by atoms with Gasteiger partial charge in [-0.15, -0.1) is 0 Å². The Bertz CT molecular complexity index is 1170. The van der Waals surface area contributed by atoms with Gasteiger partial charge in [0, 0.05) is 17.7 Å². The summed E-state index contributed by atoms with van der Waals surface area (Å²) in [6, 6.07) is 10.4. The summed E-state index contributed by atoms with van der Waals surface area (Å²) >= 11 is 0. The maximum absolute atomic E-state index is 14.7. The lowest BCUT2D eigenvalue weighted by Gasteiger charge is -2.30. The second-order valence-corrected chi connectivity index (χ2v) is 8.43. The number of hydrogen-bond acceptors (Lipinski definition) is 7. The van der Waals surface area contributed by atoms with Crippen LogP contribution in [-0.2, 0) is 9.53 Å². The molecule has 2 atom stereocenters. The molecule has 0 radical (unpaired) electrons. The van der Waals surface area contributed by atoms with E-state index in [1.54, 1.807) is 30.3 Å². The average Bonchev–Trinajstić information content (AvgIpc) is 3.50. The Morgan fingerprint density at radius 3 is 2.30 bits per heavy atom. The van der Waals surface area contributed by atoms with Crippen LogP contribution in [0.2, 0.25) is 0 Å². The minimum absolute atomic E-state index is 0.0549. The molecule has 12 heteroatoms. The predicted molar refractivity (Wildman–Crippen MR) is 126 cm³/mol. The number of carbonyl (C=O) groups excluding carboxylic acids is 2. The van der Waals surface area contributed by atoms with Gasteiger partial charge in [0.05, 0.1) is 34.0 Å². The quantitative estimate of drug-likeness (QED) is 0.573. The Labute approximate surface area is 211 Å². The summed E-state index contributed by atoms with van der Waals surface area (Å²) in [5.74, 6) is -2.58. The van der Waals surface area contributed by atoms with Gasteiger partial charge >= 0.3 is 11.8 Å². The van der Waals surface area contributed by atoms with Gasteiger partial charge in [-0.1, -0.05) is 30.3 Å². The Morgan fingerprint density at radius 2 is 1.78 bits per heavy atom. The standard InChI is InChI=1S/C25H26F3N3O6/c1-34-18-12-16(13-19(35-2)20(18)36-3)22(32)30-24(25(26,27)28)23(33)31(14-17-10-7-11-37-17)21(29-24)15-8-5-4-6-9-15/h4-6,8-9,12-13,17H,7,10-11,14H2,1-3H3,(H,30,32). The number of nitrogens with one attached hydrogen (secondary N) is 1. The smallest absolute Gasteiger partial charge is 0.442 e. The molecule has 2 amide bonds. The molecule has 0 bridgehead atoms. The van der Waals surface area contributed by atoms with E-state index in [1.807, 2.05) is 5.32 Å². The lowest BCUT2D eigenvalue weighted by molar-refractivity contribution is -0.196. The first-order valence-corrected chi connectivity index (χ1v) is 11.4. The Morgan fingerprint density at radius 1 is 1.14 bits per heavy atom. The second kappa shape index (κ2) is 10.3. The predicted octanol–water partition coefficient (Wildman–Crippen LogP) is 3.17. The zero-order chi connectivity index (χ0) is 26.8. The molecule has 2 aromatic carbocycles. The highest BCUT2D eigenvalue weighted by Crippen LogP contribution is 2.41. The number of halogens is 3. The molecule has 2 aliphatic heterocycles. The first-order chi connectivity index (χ1) is 17.6. The summed E-state index contributed by atoms with van der Waals surface area (Å²) in [5, 5.41) is 1.86. The maximum atomic E-state index is 14.7. The minimum Gasteiger partial charge on any atom is -0.493 e. The highest BCUT2D eigenvalue weighted by Gasteiger charge is 2.67. The molecule has 9 nitrogen and oxygen atoms in total. The number of benzene rings is 2. The zero-order valence-electron chi connectivity index (χ0n) is 20.4. The van der Waals surface area contributed by atoms with Crippen LogP contribution in [0.1, 0.15) is 28.8 Å². The molecule has 37 heavy (non-hydrogen) atoms. The van der Waals surface area contributed by atoms with Crippen molar-refractivity contribution in [3.05, 3.63) is 53.6 Å². The molecule has 2 aromatic rings. The molecule has 2 heterocycles. The van der Waals surface area contributed by atoms with E-state index in [0.29, 0.717) is 18.6 Å². The number of methoxy groups -OCH3 is 3. The molecule has 0 spiro atoms. The fourth-order valence-electron chi connectivity index (χ4n) is 4.31. The van der Waals surface area contributed by atoms with E-state index in [4.69, 9.17) is 18.9 Å². The minimum atomic E-state index is -5.26. The van der Waals surface area contributed by atoms with Crippen molar-refractivity contribution in [3.8, 4) is 17.2 Å². The van der Waals surface area contributed by atoms with E-state index in [1.165, 1.54) is 33.5 Å². The van der Waals surface area contributed by atoms with Crippen molar-refractivity contribution in [1.82, 2.24) is 10.2 Å². The first kappa shape index (κ1) is 26.3. The first-order valence-electron chi connectivity index (χ1n) is 11.4. The molecule has 1 fully saturated rings. The lowest BCUT2D eigenvalue weighted by Crippen LogP contribution is -2.63. The fourth-order valence-corrected chi connectivity index (χ4v) is 4.31. The van der Waals surface area contributed by atoms with Crippen molar-refractivity contribution in [2.24, 2.45) is 4.99 Å². The van der Waals surface area contributed by atoms with Gasteiger partial charge in [-0.05, 0) is 25.0 Å². The number of hydrogen-bond donors (Lipinski definition) is 1. The van der Waals surface area contributed by atoms with Crippen LogP contribution >= 0.6 is 0 Å². The normalized spacial score (nSPS) is 21.6. The molecule has 2 unspecified atom stereocenters. The number of aliphatic imine (C=N–C) groups is 1. The molecule has 4 rings (SSSR count). The van der Waals surface area contributed by atoms with Gasteiger partial charge < -0.3 is 24.3 Å². The number of amidine groups is 1. The number of alkyl halides is 3. The van der Waals surface area contributed by atoms with E-state index in [-0.39, 0.29) is 35.2 Å². The van der Waals surface area contributed by atoms with Crippen LogP contribution < -0.4 is 19.5 Å². The molecule has 1 saturated heterocycles. The summed E-state index contributed by atoms with van der Waals surface area (Å²) < 4.78 is 65.1. The zero-order valence-corrected chi connectivity index (χ0v) is 20.4. The lowest BCUT2D eigenvalue weighted by atomic mass is 10.1. The van der Waals surface area contributed by atoms with E-state index >= 15 is 0 Å². The van der Waals surface area contributed by atoms with E-state index in [2.05, 4.69) is 4.99 Å². The average molecular weight is 521 g/mol. The number of carbonyl (C=O) groups is 2. The van der Waals surface area contributed by atoms with Crippen LogP contribution in [0.15, 0.2) is 47.5 Å². The van der Waals surface area contributed by atoms with Crippen molar-refractivity contribution in [1.29, 1.82) is 0 Å². The van der Waals surface area contributed by atoms with Gasteiger partial charge in [0.15, 0.2) is 11.5 Å². The molecular formula is C25H26F3N3O6. The molecular weight excluding hydrogens is 495 g/mol. The van der Waals surface area contributed by atoms with Crippen molar-refractivity contribution in [2.75, 3.05) is 34.5 Å². The van der Waals surface area contributed by atoms with Crippen LogP contribution in [0, 0.1) is 0 Å². The molecule has 0 aliphatic carbocycles. The van der Waals surface area contributed by atoms with Gasteiger partial charge in [-0.25, -0.2) is 4.99 Å². The van der Waals surface area contributed by atoms with Crippen molar-refractivity contribution >= 4 is 17.6 Å². The van der Waals surface area contributed by atoms with Crippen LogP contribution in [-0.4, -0.2) is 75.0 Å². The highest BCUT2D eigenvalue weighted by molar-refractivity contribution is 6.16. The number of nitrogens with zero attached hydrogens (tertiary/aromatic N) is 2. The number of ether oxygens (including phenoxy) is 4. The van der Waals surface area contributed by atoms with Crippen LogP contribution in [0.3, 0.4) is 0 Å². The van der Waals surface area contributed by atoms with Crippen LogP contribution in [0.4, 0.5) is 13.2 Å². The number of amides is 2. The Hall–Kier alpha value is -3.80.